The van der Waals surface area contributed by atoms with E-state index in [2.05, 4.69) is 44.6 Å². The fraction of sp³-hybridized carbons (Fsp3) is 0.300. The molecule has 1 fully saturated rings. The number of piperazine rings is 1. The van der Waals surface area contributed by atoms with Gasteiger partial charge in [0.15, 0.2) is 6.29 Å². The van der Waals surface area contributed by atoms with Gasteiger partial charge in [-0.3, -0.25) is 14.7 Å². The molecule has 1 atom stereocenters. The summed E-state index contributed by atoms with van der Waals surface area (Å²) in [6, 6.07) is 17.7. The summed E-state index contributed by atoms with van der Waals surface area (Å²) in [6.45, 7) is 7.30. The summed E-state index contributed by atoms with van der Waals surface area (Å²) in [5, 5.41) is 6.56. The lowest BCUT2D eigenvalue weighted by Crippen LogP contribution is -2.43. The first-order valence-corrected chi connectivity index (χ1v) is 13.0. The van der Waals surface area contributed by atoms with Crippen LogP contribution in [0.1, 0.15) is 27.0 Å². The Morgan fingerprint density at radius 3 is 2.55 bits per heavy atom. The molecule has 1 saturated heterocycles. The maximum Gasteiger partial charge on any atom is 0.255 e. The molecule has 1 unspecified atom stereocenters. The highest BCUT2D eigenvalue weighted by Gasteiger charge is 2.18. The van der Waals surface area contributed by atoms with Crippen LogP contribution in [-0.4, -0.2) is 77.9 Å². The molecule has 196 valence electrons. The molecule has 0 radical (unpaired) electrons. The normalized spacial score (nSPS) is 18.2. The van der Waals surface area contributed by atoms with Crippen LogP contribution in [0.3, 0.4) is 0 Å². The molecular weight excluding hydrogens is 474 g/mol. The van der Waals surface area contributed by atoms with Gasteiger partial charge in [-0.2, -0.15) is 0 Å². The summed E-state index contributed by atoms with van der Waals surface area (Å²) in [5.41, 5.74) is 6.41. The maximum absolute atomic E-state index is 13.0. The smallest absolute Gasteiger partial charge is 0.255 e. The predicted molar refractivity (Wildman–Crippen MR) is 153 cm³/mol. The van der Waals surface area contributed by atoms with E-state index in [0.29, 0.717) is 5.56 Å². The lowest BCUT2D eigenvalue weighted by atomic mass is 10.1. The number of aliphatic imine (C=N–C) groups is 1. The number of rotatable bonds is 7. The number of aromatic nitrogens is 1. The van der Waals surface area contributed by atoms with Gasteiger partial charge in [0.05, 0.1) is 5.71 Å². The van der Waals surface area contributed by atoms with E-state index in [1.165, 1.54) is 5.56 Å². The van der Waals surface area contributed by atoms with Crippen LogP contribution in [0.2, 0.25) is 0 Å². The average molecular weight is 510 g/mol. The second-order valence-electron chi connectivity index (χ2n) is 10.0. The molecule has 1 amide bonds. The quantitative estimate of drug-likeness (QED) is 0.501. The van der Waals surface area contributed by atoms with E-state index in [4.69, 9.17) is 4.99 Å². The molecule has 8 heteroatoms. The zero-order valence-electron chi connectivity index (χ0n) is 22.3. The molecule has 8 nitrogen and oxygen atoms in total. The van der Waals surface area contributed by atoms with Crippen molar-refractivity contribution in [3.05, 3.63) is 102 Å². The van der Waals surface area contributed by atoms with Crippen molar-refractivity contribution >= 4 is 23.0 Å². The van der Waals surface area contributed by atoms with Crippen LogP contribution >= 0.6 is 0 Å². The third-order valence-corrected chi connectivity index (χ3v) is 7.07. The number of pyridine rings is 1. The van der Waals surface area contributed by atoms with Crippen LogP contribution in [-0.2, 0) is 6.54 Å². The highest BCUT2D eigenvalue weighted by Crippen LogP contribution is 2.24. The van der Waals surface area contributed by atoms with Crippen molar-refractivity contribution in [2.75, 3.05) is 50.9 Å². The topological polar surface area (TPSA) is 76.1 Å². The molecule has 0 bridgehead atoms. The number of carbonyl (C=O) groups is 1. The van der Waals surface area contributed by atoms with Gasteiger partial charge < -0.3 is 20.4 Å². The number of nitrogens with zero attached hydrogens (tertiary/aromatic N) is 5. The van der Waals surface area contributed by atoms with E-state index in [0.717, 1.165) is 60.9 Å². The highest BCUT2D eigenvalue weighted by molar-refractivity contribution is 6.09. The van der Waals surface area contributed by atoms with Crippen LogP contribution < -0.4 is 10.6 Å². The Kier molecular flexibility index (Phi) is 7.81. The van der Waals surface area contributed by atoms with Gasteiger partial charge in [0, 0.05) is 80.9 Å². The molecule has 2 aliphatic heterocycles. The van der Waals surface area contributed by atoms with E-state index in [9.17, 15) is 4.79 Å². The monoisotopic (exact) mass is 509 g/mol. The number of anilines is 2. The van der Waals surface area contributed by atoms with Gasteiger partial charge in [-0.05, 0) is 67.6 Å². The number of benzene rings is 2. The summed E-state index contributed by atoms with van der Waals surface area (Å²) in [5.74, 6) is -0.124. The Bertz CT molecular complexity index is 1310. The number of allylic oxidation sites excluding steroid dienone is 1. The molecule has 5 rings (SSSR count). The second kappa shape index (κ2) is 11.6. The zero-order valence-corrected chi connectivity index (χ0v) is 22.3. The highest BCUT2D eigenvalue weighted by atomic mass is 16.1. The number of hydrogen-bond acceptors (Lipinski definition) is 7. The first kappa shape index (κ1) is 25.6. The summed E-state index contributed by atoms with van der Waals surface area (Å²) >= 11 is 0. The number of carbonyl (C=O) groups excluding carboxylic acids is 1. The van der Waals surface area contributed by atoms with E-state index in [-0.39, 0.29) is 12.2 Å². The first-order chi connectivity index (χ1) is 18.4. The van der Waals surface area contributed by atoms with Crippen LogP contribution in [0.5, 0.6) is 0 Å². The molecule has 0 spiro atoms. The van der Waals surface area contributed by atoms with Gasteiger partial charge in [0.2, 0.25) is 0 Å². The predicted octanol–water partition coefficient (Wildman–Crippen LogP) is 4.03. The van der Waals surface area contributed by atoms with E-state index < -0.39 is 0 Å². The zero-order chi connectivity index (χ0) is 26.5. The number of likely N-dealkylation sites (N-methyl/N-ethyl adjacent to an activating group) is 1. The van der Waals surface area contributed by atoms with Gasteiger partial charge >= 0.3 is 0 Å². The maximum atomic E-state index is 13.0. The molecule has 2 aliphatic rings. The van der Waals surface area contributed by atoms with Crippen molar-refractivity contribution in [1.29, 1.82) is 0 Å². The number of nitrogens with one attached hydrogen (secondary N) is 2. The Labute approximate surface area is 224 Å². The van der Waals surface area contributed by atoms with Crippen LogP contribution in [0.15, 0.2) is 84.3 Å². The molecule has 1 aromatic heterocycles. The van der Waals surface area contributed by atoms with Crippen molar-refractivity contribution < 1.29 is 4.79 Å². The van der Waals surface area contributed by atoms with Crippen molar-refractivity contribution in [3.63, 3.8) is 0 Å². The molecule has 0 aliphatic carbocycles. The van der Waals surface area contributed by atoms with Gasteiger partial charge in [-0.1, -0.05) is 18.2 Å². The first-order valence-electron chi connectivity index (χ1n) is 13.0. The van der Waals surface area contributed by atoms with Gasteiger partial charge in [-0.25, -0.2) is 4.99 Å². The standard InChI is InChI=1S/C30H35N7O/c1-22-6-11-26(19-28(22)34-30-33-27(12-14-36(30)3)25-5-4-13-31-20-25)32-29(38)24-9-7-23(8-10-24)21-37-17-15-35(2)16-18-37/h4-14,19-20,30,34H,15-18,21H2,1-3H3,(H,32,38). The largest absolute Gasteiger partial charge is 0.346 e. The third kappa shape index (κ3) is 6.27. The average Bonchev–Trinajstić information content (AvgIpc) is 2.94. The van der Waals surface area contributed by atoms with Gasteiger partial charge in [0.25, 0.3) is 5.91 Å². The van der Waals surface area contributed by atoms with Crippen molar-refractivity contribution in [2.45, 2.75) is 19.8 Å². The minimum atomic E-state index is -0.285. The Hall–Kier alpha value is -4.01. The van der Waals surface area contributed by atoms with E-state index >= 15 is 0 Å². The molecule has 0 saturated carbocycles. The van der Waals surface area contributed by atoms with E-state index in [1.54, 1.807) is 6.20 Å². The fourth-order valence-corrected chi connectivity index (χ4v) is 4.58. The number of aryl methyl sites for hydroxylation is 1. The number of amides is 1. The Balaban J connectivity index is 1.23. The Morgan fingerprint density at radius 2 is 1.82 bits per heavy atom. The van der Waals surface area contributed by atoms with E-state index in [1.807, 2.05) is 79.8 Å². The van der Waals surface area contributed by atoms with Crippen LogP contribution in [0.4, 0.5) is 11.4 Å². The third-order valence-electron chi connectivity index (χ3n) is 7.07. The lowest BCUT2D eigenvalue weighted by molar-refractivity contribution is 0.102. The second-order valence-corrected chi connectivity index (χ2v) is 10.0. The minimum Gasteiger partial charge on any atom is -0.346 e. The molecule has 3 heterocycles. The van der Waals surface area contributed by atoms with Crippen molar-refractivity contribution in [2.24, 2.45) is 4.99 Å². The SMILES string of the molecule is Cc1ccc(NC(=O)c2ccc(CN3CCN(C)CC3)cc2)cc1NC1N=C(c2cccnc2)C=CN1C. The van der Waals surface area contributed by atoms with Crippen molar-refractivity contribution in [1.82, 2.24) is 19.7 Å². The Morgan fingerprint density at radius 1 is 1.03 bits per heavy atom. The molecular formula is C30H35N7O. The number of hydrogen-bond donors (Lipinski definition) is 2. The summed E-state index contributed by atoms with van der Waals surface area (Å²) in [7, 11) is 4.14. The van der Waals surface area contributed by atoms with Crippen LogP contribution in [0, 0.1) is 6.92 Å². The lowest BCUT2D eigenvalue weighted by Gasteiger charge is -2.32. The minimum absolute atomic E-state index is 0.124. The molecule has 3 aromatic rings. The fourth-order valence-electron chi connectivity index (χ4n) is 4.58. The summed E-state index contributed by atoms with van der Waals surface area (Å²) < 4.78 is 0. The van der Waals surface area contributed by atoms with Gasteiger partial charge in [-0.15, -0.1) is 0 Å². The summed E-state index contributed by atoms with van der Waals surface area (Å²) in [4.78, 5) is 28.9. The summed E-state index contributed by atoms with van der Waals surface area (Å²) in [6.07, 6.45) is 7.26. The van der Waals surface area contributed by atoms with Crippen molar-refractivity contribution in [3.8, 4) is 0 Å². The molecule has 2 N–H and O–H groups in total. The van der Waals surface area contributed by atoms with Gasteiger partial charge in [0.1, 0.15) is 0 Å². The molecule has 2 aromatic carbocycles. The molecule has 38 heavy (non-hydrogen) atoms. The van der Waals surface area contributed by atoms with Crippen LogP contribution in [0.25, 0.3) is 0 Å².